The van der Waals surface area contributed by atoms with Crippen LogP contribution < -0.4 is 11.6 Å². The maximum absolute atomic E-state index is 13.4. The Morgan fingerprint density at radius 2 is 1.85 bits per heavy atom. The van der Waals surface area contributed by atoms with Crippen LogP contribution in [0.1, 0.15) is 36.5 Å². The van der Waals surface area contributed by atoms with Gasteiger partial charge in [-0.25, -0.2) is 18.7 Å². The van der Waals surface area contributed by atoms with Gasteiger partial charge in [-0.05, 0) is 24.6 Å². The van der Waals surface area contributed by atoms with Crippen LogP contribution in [0.5, 0.6) is 0 Å². The molecule has 178 valence electrons. The van der Waals surface area contributed by atoms with Crippen molar-refractivity contribution >= 4 is 23.4 Å². The van der Waals surface area contributed by atoms with Crippen LogP contribution >= 0.6 is 0 Å². The summed E-state index contributed by atoms with van der Waals surface area (Å²) >= 11 is 0. The Hall–Kier alpha value is -4.16. The molecule has 1 aromatic carbocycles. The van der Waals surface area contributed by atoms with Crippen LogP contribution in [-0.2, 0) is 6.18 Å². The highest BCUT2D eigenvalue weighted by atomic mass is 19.4. The highest BCUT2D eigenvalue weighted by Gasteiger charge is 2.34. The second-order valence-corrected chi connectivity index (χ2v) is 7.09. The van der Waals surface area contributed by atoms with Gasteiger partial charge in [-0.2, -0.15) is 18.3 Å². The van der Waals surface area contributed by atoms with Gasteiger partial charge in [-0.1, -0.05) is 6.92 Å². The molecule has 0 radical (unpaired) electrons. The molecule has 0 bridgehead atoms. The van der Waals surface area contributed by atoms with Gasteiger partial charge in [-0.3, -0.25) is 10.4 Å². The number of hydrogen-bond donors (Lipinski definition) is 4. The Morgan fingerprint density at radius 3 is 2.38 bits per heavy atom. The molecule has 1 unspecified atom stereocenters. The number of amidine groups is 1. The fourth-order valence-electron chi connectivity index (χ4n) is 3.22. The number of nitrogens with two attached hydrogens (primary N) is 2. The molecule has 0 saturated heterocycles. The zero-order valence-electron chi connectivity index (χ0n) is 17.7. The summed E-state index contributed by atoms with van der Waals surface area (Å²) in [7, 11) is 0. The number of benzene rings is 1. The van der Waals surface area contributed by atoms with Crippen molar-refractivity contribution in [2.45, 2.75) is 25.4 Å². The first kappa shape index (κ1) is 24.5. The van der Waals surface area contributed by atoms with Crippen molar-refractivity contribution in [2.75, 3.05) is 0 Å². The van der Waals surface area contributed by atoms with Crippen molar-refractivity contribution in [1.82, 2.24) is 15.0 Å². The first-order valence-electron chi connectivity index (χ1n) is 9.78. The van der Waals surface area contributed by atoms with Crippen molar-refractivity contribution in [2.24, 2.45) is 21.7 Å². The average molecular weight is 478 g/mol. The molecule has 0 saturated carbocycles. The SMILES string of the molecule is CCC(C(C=Nc1ccc(F)c(F)c1)=NN)c1cc(-c2cnc(C(F)(F)F)nc2)c(C(=N)N)[nH]1. The molecule has 34 heavy (non-hydrogen) atoms. The number of hydrogen-bond acceptors (Lipinski definition) is 6. The van der Waals surface area contributed by atoms with Gasteiger partial charge >= 0.3 is 6.18 Å². The lowest BCUT2D eigenvalue weighted by molar-refractivity contribution is -0.144. The van der Waals surface area contributed by atoms with E-state index in [4.69, 9.17) is 17.0 Å². The van der Waals surface area contributed by atoms with Gasteiger partial charge in [0.1, 0.15) is 5.84 Å². The summed E-state index contributed by atoms with van der Waals surface area (Å²) in [5.74, 6) is 1.30. The second kappa shape index (κ2) is 9.77. The number of H-pyrrole nitrogens is 1. The number of aliphatic imine (C=N–C) groups is 1. The van der Waals surface area contributed by atoms with Gasteiger partial charge in [0.15, 0.2) is 11.6 Å². The van der Waals surface area contributed by atoms with Crippen molar-refractivity contribution in [3.8, 4) is 11.1 Å². The number of rotatable bonds is 7. The third-order valence-corrected chi connectivity index (χ3v) is 4.86. The van der Waals surface area contributed by atoms with Gasteiger partial charge in [0.2, 0.25) is 5.82 Å². The summed E-state index contributed by atoms with van der Waals surface area (Å²) in [5, 5.41) is 11.6. The number of hydrazone groups is 1. The molecule has 8 nitrogen and oxygen atoms in total. The molecule has 0 aliphatic heterocycles. The van der Waals surface area contributed by atoms with E-state index >= 15 is 0 Å². The Labute approximate surface area is 190 Å². The van der Waals surface area contributed by atoms with Gasteiger partial charge in [0, 0.05) is 41.2 Å². The van der Waals surface area contributed by atoms with E-state index in [9.17, 15) is 22.0 Å². The molecular formula is C21H19F5N8. The Balaban J connectivity index is 1.97. The summed E-state index contributed by atoms with van der Waals surface area (Å²) < 4.78 is 64.9. The minimum Gasteiger partial charge on any atom is -0.382 e. The molecule has 0 aliphatic rings. The van der Waals surface area contributed by atoms with E-state index in [0.717, 1.165) is 24.5 Å². The van der Waals surface area contributed by atoms with E-state index in [2.05, 4.69) is 25.0 Å². The van der Waals surface area contributed by atoms with E-state index in [1.54, 1.807) is 6.07 Å². The maximum Gasteiger partial charge on any atom is 0.451 e. The predicted molar refractivity (Wildman–Crippen MR) is 117 cm³/mol. The highest BCUT2D eigenvalue weighted by Crippen LogP contribution is 2.31. The summed E-state index contributed by atoms with van der Waals surface area (Å²) in [6.45, 7) is 1.82. The van der Waals surface area contributed by atoms with Gasteiger partial charge in [0.05, 0.1) is 23.3 Å². The third kappa shape index (κ3) is 5.24. The molecule has 6 N–H and O–H groups in total. The van der Waals surface area contributed by atoms with Crippen LogP contribution in [0.4, 0.5) is 27.6 Å². The number of halogens is 5. The Kier molecular flexibility index (Phi) is 7.03. The zero-order valence-corrected chi connectivity index (χ0v) is 17.7. The van der Waals surface area contributed by atoms with Gasteiger partial charge < -0.3 is 16.6 Å². The normalized spacial score (nSPS) is 13.4. The second-order valence-electron chi connectivity index (χ2n) is 7.09. The van der Waals surface area contributed by atoms with Crippen molar-refractivity contribution in [3.05, 3.63) is 65.5 Å². The number of aromatic nitrogens is 3. The van der Waals surface area contributed by atoms with Crippen molar-refractivity contribution in [3.63, 3.8) is 0 Å². The van der Waals surface area contributed by atoms with Crippen LogP contribution in [0.25, 0.3) is 11.1 Å². The Bertz CT molecular complexity index is 1250. The lowest BCUT2D eigenvalue weighted by Crippen LogP contribution is -2.17. The maximum atomic E-state index is 13.4. The van der Waals surface area contributed by atoms with Crippen LogP contribution in [0.2, 0.25) is 0 Å². The lowest BCUT2D eigenvalue weighted by Gasteiger charge is -2.12. The molecule has 3 rings (SSSR count). The number of alkyl halides is 3. The number of nitrogens with one attached hydrogen (secondary N) is 2. The molecule has 0 fully saturated rings. The van der Waals surface area contributed by atoms with E-state index in [1.807, 2.05) is 6.92 Å². The summed E-state index contributed by atoms with van der Waals surface area (Å²) in [6, 6.07) is 4.69. The van der Waals surface area contributed by atoms with Crippen LogP contribution in [0.3, 0.4) is 0 Å². The first-order chi connectivity index (χ1) is 16.0. The molecule has 3 aromatic rings. The quantitative estimate of drug-likeness (QED) is 0.132. The summed E-state index contributed by atoms with van der Waals surface area (Å²) in [4.78, 5) is 13.7. The average Bonchev–Trinajstić information content (AvgIpc) is 3.24. The van der Waals surface area contributed by atoms with E-state index in [-0.39, 0.29) is 28.5 Å². The largest absolute Gasteiger partial charge is 0.451 e. The van der Waals surface area contributed by atoms with Crippen molar-refractivity contribution < 1.29 is 22.0 Å². The number of nitrogen functional groups attached to an aromatic ring is 1. The topological polar surface area (TPSA) is 142 Å². The monoisotopic (exact) mass is 478 g/mol. The standard InChI is InChI=1S/C21H19F5N8/c1-2-12(17(34-29)9-30-11-3-4-14(22)15(23)5-11)16-6-13(18(33-16)19(27)28)10-7-31-20(32-8-10)21(24,25)26/h3-9,12,33H,2,29H2,1H3,(H3,27,28). The van der Waals surface area contributed by atoms with Gasteiger partial charge in [0.25, 0.3) is 0 Å². The van der Waals surface area contributed by atoms with Crippen LogP contribution in [0.15, 0.2) is 46.8 Å². The molecule has 0 aliphatic carbocycles. The third-order valence-electron chi connectivity index (χ3n) is 4.86. The van der Waals surface area contributed by atoms with Gasteiger partial charge in [-0.15, -0.1) is 0 Å². The van der Waals surface area contributed by atoms with Crippen molar-refractivity contribution in [1.29, 1.82) is 5.41 Å². The Morgan fingerprint density at radius 1 is 1.18 bits per heavy atom. The van der Waals surface area contributed by atoms with E-state index in [0.29, 0.717) is 17.7 Å². The molecule has 2 heterocycles. The lowest BCUT2D eigenvalue weighted by atomic mass is 9.96. The smallest absolute Gasteiger partial charge is 0.382 e. The van der Waals surface area contributed by atoms with E-state index in [1.165, 1.54) is 12.3 Å². The first-order valence-corrected chi connectivity index (χ1v) is 9.78. The van der Waals surface area contributed by atoms with Crippen LogP contribution in [-0.4, -0.2) is 32.7 Å². The zero-order chi connectivity index (χ0) is 25.0. The summed E-state index contributed by atoms with van der Waals surface area (Å²) in [6.07, 6.45) is -0.994. The molecule has 2 aromatic heterocycles. The molecule has 0 amide bonds. The molecule has 1 atom stereocenters. The molecular weight excluding hydrogens is 459 g/mol. The minimum absolute atomic E-state index is 0.133. The predicted octanol–water partition coefficient (Wildman–Crippen LogP) is 4.26. The fraction of sp³-hybridized carbons (Fsp3) is 0.190. The molecule has 13 heteroatoms. The number of aromatic amines is 1. The fourth-order valence-corrected chi connectivity index (χ4v) is 3.22. The number of nitrogens with zero attached hydrogens (tertiary/aromatic N) is 4. The van der Waals surface area contributed by atoms with Crippen LogP contribution in [0, 0.1) is 17.0 Å². The highest BCUT2D eigenvalue weighted by molar-refractivity contribution is 6.33. The summed E-state index contributed by atoms with van der Waals surface area (Å²) in [5.41, 5.74) is 7.20. The molecule has 0 spiro atoms. The van der Waals surface area contributed by atoms with E-state index < -0.39 is 29.6 Å². The minimum atomic E-state index is -4.70.